The fourth-order valence-corrected chi connectivity index (χ4v) is 2.90. The standard InChI is InChI=1S/C17H13N3O4S/c18-15(21)10-4-1-2-5-11(10)19-17(23)13-7-8-14(25-13)20-16(22)12-6-3-9-24-12/h1-9H,(H2,18,21)(H,19,23)(H,20,22). The normalized spacial score (nSPS) is 10.2. The van der Waals surface area contributed by atoms with E-state index in [1.807, 2.05) is 0 Å². The Morgan fingerprint density at radius 2 is 1.72 bits per heavy atom. The molecule has 126 valence electrons. The number of rotatable bonds is 5. The third kappa shape index (κ3) is 3.75. The molecular formula is C17H13N3O4S. The summed E-state index contributed by atoms with van der Waals surface area (Å²) in [5, 5.41) is 5.78. The predicted octanol–water partition coefficient (Wildman–Crippen LogP) is 2.94. The highest BCUT2D eigenvalue weighted by atomic mass is 32.1. The molecule has 0 bridgehead atoms. The van der Waals surface area contributed by atoms with Gasteiger partial charge < -0.3 is 20.8 Å². The van der Waals surface area contributed by atoms with E-state index in [0.717, 1.165) is 11.3 Å². The van der Waals surface area contributed by atoms with Gasteiger partial charge in [-0.3, -0.25) is 14.4 Å². The van der Waals surface area contributed by atoms with E-state index >= 15 is 0 Å². The second kappa shape index (κ2) is 7.02. The van der Waals surface area contributed by atoms with Crippen LogP contribution >= 0.6 is 11.3 Å². The molecule has 2 aromatic heterocycles. The van der Waals surface area contributed by atoms with Crippen LogP contribution in [0, 0.1) is 0 Å². The van der Waals surface area contributed by atoms with Gasteiger partial charge >= 0.3 is 0 Å². The minimum Gasteiger partial charge on any atom is -0.459 e. The van der Waals surface area contributed by atoms with Gasteiger partial charge in [0, 0.05) is 0 Å². The van der Waals surface area contributed by atoms with Gasteiger partial charge in [0.05, 0.1) is 27.4 Å². The number of para-hydroxylation sites is 1. The van der Waals surface area contributed by atoms with Gasteiger partial charge in [0.15, 0.2) is 5.76 Å². The van der Waals surface area contributed by atoms with Crippen molar-refractivity contribution in [2.24, 2.45) is 5.73 Å². The molecular weight excluding hydrogens is 342 g/mol. The van der Waals surface area contributed by atoms with E-state index in [9.17, 15) is 14.4 Å². The van der Waals surface area contributed by atoms with Gasteiger partial charge in [0.1, 0.15) is 0 Å². The molecule has 0 aliphatic rings. The minimum atomic E-state index is -0.631. The number of nitrogens with one attached hydrogen (secondary N) is 2. The number of anilines is 2. The van der Waals surface area contributed by atoms with E-state index in [1.165, 1.54) is 18.4 Å². The molecule has 3 amide bonds. The Balaban J connectivity index is 1.71. The first-order valence-electron chi connectivity index (χ1n) is 7.19. The first-order chi connectivity index (χ1) is 12.0. The van der Waals surface area contributed by atoms with Crippen LogP contribution in [0.4, 0.5) is 10.7 Å². The zero-order chi connectivity index (χ0) is 17.8. The summed E-state index contributed by atoms with van der Waals surface area (Å²) in [5.41, 5.74) is 5.84. The van der Waals surface area contributed by atoms with Crippen molar-refractivity contribution in [3.8, 4) is 0 Å². The van der Waals surface area contributed by atoms with Crippen molar-refractivity contribution in [2.75, 3.05) is 10.6 Å². The van der Waals surface area contributed by atoms with Crippen molar-refractivity contribution in [2.45, 2.75) is 0 Å². The van der Waals surface area contributed by atoms with Crippen molar-refractivity contribution in [1.82, 2.24) is 0 Å². The fraction of sp³-hybridized carbons (Fsp3) is 0. The van der Waals surface area contributed by atoms with Crippen LogP contribution in [0.5, 0.6) is 0 Å². The fourth-order valence-electron chi connectivity index (χ4n) is 2.10. The molecule has 7 nitrogen and oxygen atoms in total. The minimum absolute atomic E-state index is 0.176. The van der Waals surface area contributed by atoms with E-state index in [4.69, 9.17) is 10.2 Å². The lowest BCUT2D eigenvalue weighted by Crippen LogP contribution is -2.17. The molecule has 0 saturated heterocycles. The molecule has 0 spiro atoms. The SMILES string of the molecule is NC(=O)c1ccccc1NC(=O)c1ccc(NC(=O)c2ccco2)s1. The molecule has 3 aromatic rings. The number of amides is 3. The van der Waals surface area contributed by atoms with Gasteiger partial charge in [-0.05, 0) is 36.4 Å². The second-order valence-corrected chi connectivity index (χ2v) is 6.04. The third-order valence-corrected chi connectivity index (χ3v) is 4.25. The second-order valence-electron chi connectivity index (χ2n) is 4.96. The number of hydrogen-bond acceptors (Lipinski definition) is 5. The maximum atomic E-state index is 12.3. The number of primary amides is 1. The molecule has 3 rings (SSSR count). The third-order valence-electron chi connectivity index (χ3n) is 3.25. The number of furan rings is 1. The van der Waals surface area contributed by atoms with Crippen LogP contribution in [0.2, 0.25) is 0 Å². The Morgan fingerprint density at radius 1 is 0.920 bits per heavy atom. The van der Waals surface area contributed by atoms with E-state index in [2.05, 4.69) is 10.6 Å². The van der Waals surface area contributed by atoms with Gasteiger partial charge in [-0.15, -0.1) is 11.3 Å². The molecule has 0 aliphatic heterocycles. The number of carbonyl (C=O) groups excluding carboxylic acids is 3. The lowest BCUT2D eigenvalue weighted by atomic mass is 10.1. The monoisotopic (exact) mass is 355 g/mol. The maximum absolute atomic E-state index is 12.3. The smallest absolute Gasteiger partial charge is 0.291 e. The summed E-state index contributed by atoms with van der Waals surface area (Å²) in [6.07, 6.45) is 1.40. The van der Waals surface area contributed by atoms with Gasteiger partial charge in [0.25, 0.3) is 17.7 Å². The zero-order valence-electron chi connectivity index (χ0n) is 12.8. The van der Waals surface area contributed by atoms with Crippen LogP contribution in [0.1, 0.15) is 30.6 Å². The van der Waals surface area contributed by atoms with Crippen molar-refractivity contribution in [3.63, 3.8) is 0 Å². The molecule has 8 heteroatoms. The van der Waals surface area contributed by atoms with Crippen LogP contribution in [-0.4, -0.2) is 17.7 Å². The highest BCUT2D eigenvalue weighted by Crippen LogP contribution is 2.24. The first kappa shape index (κ1) is 16.5. The molecule has 0 radical (unpaired) electrons. The van der Waals surface area contributed by atoms with Crippen LogP contribution < -0.4 is 16.4 Å². The number of thiophene rings is 1. The summed E-state index contributed by atoms with van der Waals surface area (Å²) in [5.74, 6) is -1.27. The zero-order valence-corrected chi connectivity index (χ0v) is 13.6. The average molecular weight is 355 g/mol. The van der Waals surface area contributed by atoms with Crippen molar-refractivity contribution >= 4 is 39.7 Å². The number of benzene rings is 1. The van der Waals surface area contributed by atoms with E-state index in [0.29, 0.717) is 15.6 Å². The predicted molar refractivity (Wildman–Crippen MR) is 93.9 cm³/mol. The Bertz CT molecular complexity index is 931. The van der Waals surface area contributed by atoms with Crippen molar-refractivity contribution in [1.29, 1.82) is 0 Å². The summed E-state index contributed by atoms with van der Waals surface area (Å²) >= 11 is 1.10. The maximum Gasteiger partial charge on any atom is 0.291 e. The lowest BCUT2D eigenvalue weighted by molar-refractivity contribution is 0.0990. The Hall–Kier alpha value is -3.39. The van der Waals surface area contributed by atoms with Crippen LogP contribution in [-0.2, 0) is 0 Å². The number of hydrogen-bond donors (Lipinski definition) is 3. The highest BCUT2D eigenvalue weighted by Gasteiger charge is 2.15. The quantitative estimate of drug-likeness (QED) is 0.653. The molecule has 25 heavy (non-hydrogen) atoms. The molecule has 0 unspecified atom stereocenters. The molecule has 0 saturated carbocycles. The van der Waals surface area contributed by atoms with E-state index in [1.54, 1.807) is 36.4 Å². The van der Waals surface area contributed by atoms with Crippen LogP contribution in [0.25, 0.3) is 0 Å². The first-order valence-corrected chi connectivity index (χ1v) is 8.01. The van der Waals surface area contributed by atoms with E-state index in [-0.39, 0.29) is 11.3 Å². The highest BCUT2D eigenvalue weighted by molar-refractivity contribution is 7.18. The summed E-state index contributed by atoms with van der Waals surface area (Å²) in [6, 6.07) is 12.8. The summed E-state index contributed by atoms with van der Waals surface area (Å²) < 4.78 is 5.01. The topological polar surface area (TPSA) is 114 Å². The Labute approximate surface area is 146 Å². The van der Waals surface area contributed by atoms with Crippen LogP contribution in [0.15, 0.2) is 59.2 Å². The lowest BCUT2D eigenvalue weighted by Gasteiger charge is -2.07. The molecule has 4 N–H and O–H groups in total. The molecule has 0 fully saturated rings. The van der Waals surface area contributed by atoms with Gasteiger partial charge in [-0.25, -0.2) is 0 Å². The molecule has 1 aromatic carbocycles. The molecule has 0 aliphatic carbocycles. The average Bonchev–Trinajstić information content (AvgIpc) is 3.27. The molecule has 0 atom stereocenters. The number of carbonyl (C=O) groups is 3. The molecule has 2 heterocycles. The van der Waals surface area contributed by atoms with E-state index < -0.39 is 17.7 Å². The van der Waals surface area contributed by atoms with Gasteiger partial charge in [-0.1, -0.05) is 12.1 Å². The Kier molecular flexibility index (Phi) is 4.62. The summed E-state index contributed by atoms with van der Waals surface area (Å²) in [6.45, 7) is 0. The largest absolute Gasteiger partial charge is 0.459 e. The van der Waals surface area contributed by atoms with Gasteiger partial charge in [-0.2, -0.15) is 0 Å². The van der Waals surface area contributed by atoms with Crippen molar-refractivity contribution < 1.29 is 18.8 Å². The van der Waals surface area contributed by atoms with Gasteiger partial charge in [0.2, 0.25) is 0 Å². The Morgan fingerprint density at radius 3 is 2.44 bits per heavy atom. The van der Waals surface area contributed by atoms with Crippen molar-refractivity contribution in [3.05, 3.63) is 71.0 Å². The number of nitrogens with two attached hydrogens (primary N) is 1. The van der Waals surface area contributed by atoms with Crippen LogP contribution in [0.3, 0.4) is 0 Å². The summed E-state index contributed by atoms with van der Waals surface area (Å²) in [4.78, 5) is 36.0. The summed E-state index contributed by atoms with van der Waals surface area (Å²) in [7, 11) is 0.